The molecule has 0 atom stereocenters. The van der Waals surface area contributed by atoms with Crippen molar-refractivity contribution < 1.29 is 30.0 Å². The summed E-state index contributed by atoms with van der Waals surface area (Å²) >= 11 is 0. The second-order valence-electron chi connectivity index (χ2n) is 3.46. The van der Waals surface area contributed by atoms with Gasteiger partial charge in [0, 0.05) is 20.1 Å². The zero-order chi connectivity index (χ0) is 11.5. The van der Waals surface area contributed by atoms with Crippen molar-refractivity contribution in [1.29, 1.82) is 0 Å². The summed E-state index contributed by atoms with van der Waals surface area (Å²) in [4.78, 5) is 9.98. The van der Waals surface area contributed by atoms with Crippen molar-refractivity contribution in [2.45, 2.75) is 39.5 Å². The molecule has 0 amide bonds. The molecule has 0 saturated heterocycles. The van der Waals surface area contributed by atoms with Crippen molar-refractivity contribution in [3.05, 3.63) is 37.5 Å². The van der Waals surface area contributed by atoms with Crippen LogP contribution in [0.1, 0.15) is 39.5 Å². The van der Waals surface area contributed by atoms with Crippen LogP contribution < -0.4 is 5.11 Å². The van der Waals surface area contributed by atoms with Gasteiger partial charge in [0.15, 0.2) is 5.78 Å². The zero-order valence-corrected chi connectivity index (χ0v) is 12.3. The van der Waals surface area contributed by atoms with Gasteiger partial charge >= 0.3 is 0 Å². The Labute approximate surface area is 113 Å². The Balaban J connectivity index is 0. The number of hydrogen-bond donors (Lipinski definition) is 0. The fraction of sp³-hybridized carbons (Fsp3) is 0.462. The largest absolute Gasteiger partial charge is 0.876 e. The summed E-state index contributed by atoms with van der Waals surface area (Å²) in [6.07, 6.45) is 15.1. The maximum Gasteiger partial charge on any atom is 0.151 e. The molecule has 16 heavy (non-hydrogen) atoms. The predicted molar refractivity (Wildman–Crippen MR) is 60.1 cm³/mol. The average molecular weight is 400 g/mol. The SMILES string of the molecule is CC(=O)/C=C(/C)[O-].[CH]1[CH]CC[CH][CH]CC1.[Ir]. The molecule has 0 aliphatic heterocycles. The number of ketones is 1. The summed E-state index contributed by atoms with van der Waals surface area (Å²) < 4.78 is 0. The molecule has 0 heterocycles. The number of carbonyl (C=O) groups is 1. The van der Waals surface area contributed by atoms with Crippen LogP contribution in [0.25, 0.3) is 0 Å². The van der Waals surface area contributed by atoms with Crippen molar-refractivity contribution in [3.63, 3.8) is 0 Å². The third-order valence-corrected chi connectivity index (χ3v) is 1.74. The Morgan fingerprint density at radius 3 is 1.44 bits per heavy atom. The number of rotatable bonds is 1. The minimum absolute atomic E-state index is 0. The number of allylic oxidation sites excluding steroid dienone is 2. The zero-order valence-electron chi connectivity index (χ0n) is 9.87. The smallest absolute Gasteiger partial charge is 0.151 e. The molecule has 1 rings (SSSR count). The van der Waals surface area contributed by atoms with Gasteiger partial charge in [-0.2, -0.15) is 0 Å². The van der Waals surface area contributed by atoms with Gasteiger partial charge in [0.1, 0.15) is 0 Å². The van der Waals surface area contributed by atoms with Crippen molar-refractivity contribution >= 4 is 5.78 Å². The number of carbonyl (C=O) groups excluding carboxylic acids is 1. The molecule has 2 nitrogen and oxygen atoms in total. The first-order valence-electron chi connectivity index (χ1n) is 5.29. The van der Waals surface area contributed by atoms with Gasteiger partial charge in [0.2, 0.25) is 0 Å². The van der Waals surface area contributed by atoms with Gasteiger partial charge in [0.05, 0.1) is 0 Å². The van der Waals surface area contributed by atoms with Gasteiger partial charge in [-0.25, -0.2) is 0 Å². The van der Waals surface area contributed by atoms with E-state index in [1.165, 1.54) is 39.5 Å². The fourth-order valence-electron chi connectivity index (χ4n) is 1.14. The maximum atomic E-state index is 9.98. The molecule has 5 radical (unpaired) electrons. The van der Waals surface area contributed by atoms with Crippen LogP contribution in [-0.2, 0) is 24.9 Å². The predicted octanol–water partition coefficient (Wildman–Crippen LogP) is 2.21. The number of hydrogen-bond acceptors (Lipinski definition) is 2. The topological polar surface area (TPSA) is 40.1 Å². The summed E-state index contributed by atoms with van der Waals surface area (Å²) in [5, 5.41) is 9.98. The van der Waals surface area contributed by atoms with Gasteiger partial charge in [-0.05, 0) is 64.4 Å². The van der Waals surface area contributed by atoms with Crippen LogP contribution >= 0.6 is 0 Å². The molecule has 0 aromatic rings. The van der Waals surface area contributed by atoms with Crippen LogP contribution in [0.5, 0.6) is 0 Å². The van der Waals surface area contributed by atoms with Gasteiger partial charge < -0.3 is 5.11 Å². The molecule has 93 valence electrons. The third-order valence-electron chi connectivity index (χ3n) is 1.74. The van der Waals surface area contributed by atoms with E-state index >= 15 is 0 Å². The third kappa shape index (κ3) is 16.3. The van der Waals surface area contributed by atoms with E-state index < -0.39 is 0 Å². The average Bonchev–Trinajstić information content (AvgIpc) is 1.99. The Morgan fingerprint density at radius 1 is 1.00 bits per heavy atom. The molecule has 1 aliphatic carbocycles. The summed E-state index contributed by atoms with van der Waals surface area (Å²) in [5.74, 6) is -0.375. The molecule has 0 N–H and O–H groups in total. The molecule has 1 fully saturated rings. The van der Waals surface area contributed by atoms with E-state index in [0.29, 0.717) is 0 Å². The first-order valence-corrected chi connectivity index (χ1v) is 5.29. The molecule has 1 aliphatic rings. The summed E-state index contributed by atoms with van der Waals surface area (Å²) in [5.41, 5.74) is 0. The van der Waals surface area contributed by atoms with Crippen LogP contribution in [0.15, 0.2) is 11.8 Å². The second kappa shape index (κ2) is 12.9. The minimum Gasteiger partial charge on any atom is -0.876 e. The van der Waals surface area contributed by atoms with Crippen LogP contribution in [0.2, 0.25) is 0 Å². The molecular formula is C13H19IrO2-. The Hall–Kier alpha value is -0.141. The van der Waals surface area contributed by atoms with Gasteiger partial charge in [-0.1, -0.05) is 6.92 Å². The van der Waals surface area contributed by atoms with E-state index in [9.17, 15) is 9.90 Å². The minimum atomic E-state index is -0.187. The quantitative estimate of drug-likeness (QED) is 0.501. The van der Waals surface area contributed by atoms with Crippen molar-refractivity contribution in [2.75, 3.05) is 0 Å². The Morgan fingerprint density at radius 2 is 1.31 bits per heavy atom. The van der Waals surface area contributed by atoms with Crippen molar-refractivity contribution in [1.82, 2.24) is 0 Å². The molecular weight excluding hydrogens is 380 g/mol. The molecule has 3 heteroatoms. The fourth-order valence-corrected chi connectivity index (χ4v) is 1.14. The molecule has 0 unspecified atom stereocenters. The summed E-state index contributed by atoms with van der Waals surface area (Å²) in [6.45, 7) is 2.70. The van der Waals surface area contributed by atoms with E-state index in [0.717, 1.165) is 6.08 Å². The molecule has 0 aromatic heterocycles. The van der Waals surface area contributed by atoms with Gasteiger partial charge in [0.25, 0.3) is 0 Å². The monoisotopic (exact) mass is 400 g/mol. The molecule has 1 saturated carbocycles. The Kier molecular flexibility index (Phi) is 14.7. The maximum absolute atomic E-state index is 9.98. The first-order chi connectivity index (χ1) is 7.13. The van der Waals surface area contributed by atoms with Crippen LogP contribution in [0.4, 0.5) is 0 Å². The van der Waals surface area contributed by atoms with E-state index in [-0.39, 0.29) is 31.6 Å². The second-order valence-corrected chi connectivity index (χ2v) is 3.46. The normalized spacial score (nSPS) is 17.0. The first kappa shape index (κ1) is 18.2. The van der Waals surface area contributed by atoms with Crippen LogP contribution in [0, 0.1) is 25.7 Å². The van der Waals surface area contributed by atoms with Crippen molar-refractivity contribution in [2.24, 2.45) is 0 Å². The van der Waals surface area contributed by atoms with Crippen LogP contribution in [-0.4, -0.2) is 5.78 Å². The molecule has 0 bridgehead atoms. The van der Waals surface area contributed by atoms with E-state index in [1.807, 2.05) is 0 Å². The van der Waals surface area contributed by atoms with Crippen molar-refractivity contribution in [3.8, 4) is 0 Å². The summed E-state index contributed by atoms with van der Waals surface area (Å²) in [7, 11) is 0. The van der Waals surface area contributed by atoms with Gasteiger partial charge in [-0.15, -0.1) is 5.76 Å². The van der Waals surface area contributed by atoms with E-state index in [2.05, 4.69) is 25.7 Å². The van der Waals surface area contributed by atoms with E-state index in [4.69, 9.17) is 0 Å². The van der Waals surface area contributed by atoms with Gasteiger partial charge in [-0.3, -0.25) is 4.79 Å². The Bertz CT molecular complexity index is 172. The molecule has 0 spiro atoms. The van der Waals surface area contributed by atoms with Crippen LogP contribution in [0.3, 0.4) is 0 Å². The standard InChI is InChI=1S/C8H12.C5H8O2.Ir/c1-2-4-6-8-7-5-3-1;1-4(6)3-5(2)7;/h1-2,7-8H,3-6H2;3,6H,1-2H3;/p-1/b;4-3-;. The summed E-state index contributed by atoms with van der Waals surface area (Å²) in [6, 6.07) is 0. The molecule has 0 aromatic carbocycles. The van der Waals surface area contributed by atoms with E-state index in [1.54, 1.807) is 0 Å².